The number of hydrogen-bond donors (Lipinski definition) is 1. The smallest absolute Gasteiger partial charge is 0.0452 e. The summed E-state index contributed by atoms with van der Waals surface area (Å²) >= 11 is 0. The van der Waals surface area contributed by atoms with E-state index in [1.54, 1.807) is 0 Å². The second-order valence-electron chi connectivity index (χ2n) is 4.70. The summed E-state index contributed by atoms with van der Waals surface area (Å²) in [7, 11) is 0. The third-order valence-electron chi connectivity index (χ3n) is 3.46. The van der Waals surface area contributed by atoms with Crippen LogP contribution in [0.15, 0.2) is 60.7 Å². The van der Waals surface area contributed by atoms with E-state index in [9.17, 15) is 0 Å². The summed E-state index contributed by atoms with van der Waals surface area (Å²) < 4.78 is 0. The number of benzene rings is 2. The van der Waals surface area contributed by atoms with Crippen LogP contribution in [-0.4, -0.2) is 19.1 Å². The van der Waals surface area contributed by atoms with Gasteiger partial charge in [-0.25, -0.2) is 0 Å². The number of nitrogens with two attached hydrogens (primary N) is 1. The van der Waals surface area contributed by atoms with Gasteiger partial charge in [0.2, 0.25) is 0 Å². The molecule has 2 aromatic rings. The van der Waals surface area contributed by atoms with Gasteiger partial charge in [0.05, 0.1) is 0 Å². The minimum atomic E-state index is 0.342. The molecule has 2 rings (SSSR count). The lowest BCUT2D eigenvalue weighted by atomic mass is 10.0. The molecule has 2 heteroatoms. The van der Waals surface area contributed by atoms with Crippen LogP contribution in [0.3, 0.4) is 0 Å². The van der Waals surface area contributed by atoms with Gasteiger partial charge in [-0.1, -0.05) is 48.5 Å². The second-order valence-corrected chi connectivity index (χ2v) is 4.70. The van der Waals surface area contributed by atoms with Crippen molar-refractivity contribution in [1.29, 1.82) is 0 Å². The summed E-state index contributed by atoms with van der Waals surface area (Å²) in [6.07, 6.45) is 0.986. The van der Waals surface area contributed by atoms with Crippen LogP contribution in [0.25, 0.3) is 0 Å². The maximum atomic E-state index is 5.99. The summed E-state index contributed by atoms with van der Waals surface area (Å²) in [6, 6.07) is 21.4. The van der Waals surface area contributed by atoms with E-state index in [-0.39, 0.29) is 0 Å². The van der Waals surface area contributed by atoms with Crippen molar-refractivity contribution < 1.29 is 0 Å². The van der Waals surface area contributed by atoms with Gasteiger partial charge < -0.3 is 10.6 Å². The number of nitrogens with zero attached hydrogens (tertiary/aromatic N) is 1. The number of hydrogen-bond acceptors (Lipinski definition) is 2. The molecular formula is C17H22N2. The van der Waals surface area contributed by atoms with E-state index in [1.807, 2.05) is 6.07 Å². The Balaban J connectivity index is 2.15. The third kappa shape index (κ3) is 3.58. The zero-order valence-corrected chi connectivity index (χ0v) is 11.5. The Kier molecular flexibility index (Phi) is 4.99. The van der Waals surface area contributed by atoms with Crippen LogP contribution in [0.4, 0.5) is 5.69 Å². The molecule has 0 bridgehead atoms. The van der Waals surface area contributed by atoms with E-state index in [0.717, 1.165) is 13.0 Å². The minimum Gasteiger partial charge on any atom is -0.367 e. The molecule has 0 amide bonds. The van der Waals surface area contributed by atoms with Gasteiger partial charge in [-0.05, 0) is 31.0 Å². The molecule has 0 aliphatic carbocycles. The predicted molar refractivity (Wildman–Crippen MR) is 82.5 cm³/mol. The molecule has 1 unspecified atom stereocenters. The molecule has 100 valence electrons. The first-order chi connectivity index (χ1) is 9.35. The monoisotopic (exact) mass is 254 g/mol. The molecule has 0 saturated carbocycles. The Morgan fingerprint density at radius 1 is 0.947 bits per heavy atom. The van der Waals surface area contributed by atoms with Crippen LogP contribution < -0.4 is 10.6 Å². The second kappa shape index (κ2) is 6.95. The number of para-hydroxylation sites is 1. The van der Waals surface area contributed by atoms with Crippen molar-refractivity contribution in [3.63, 3.8) is 0 Å². The van der Waals surface area contributed by atoms with E-state index in [2.05, 4.69) is 66.4 Å². The lowest BCUT2D eigenvalue weighted by Crippen LogP contribution is -2.42. The highest BCUT2D eigenvalue weighted by atomic mass is 15.2. The van der Waals surface area contributed by atoms with Gasteiger partial charge in [0.1, 0.15) is 0 Å². The third-order valence-corrected chi connectivity index (χ3v) is 3.46. The topological polar surface area (TPSA) is 29.3 Å². The Bertz CT molecular complexity index is 467. The minimum absolute atomic E-state index is 0.342. The summed E-state index contributed by atoms with van der Waals surface area (Å²) in [4.78, 5) is 2.38. The number of rotatable bonds is 6. The van der Waals surface area contributed by atoms with Crippen LogP contribution in [0.5, 0.6) is 0 Å². The first-order valence-electron chi connectivity index (χ1n) is 6.90. The maximum absolute atomic E-state index is 5.99. The quantitative estimate of drug-likeness (QED) is 0.858. The first-order valence-corrected chi connectivity index (χ1v) is 6.90. The molecule has 2 aromatic carbocycles. The Labute approximate surface area is 115 Å². The highest BCUT2D eigenvalue weighted by Crippen LogP contribution is 2.18. The van der Waals surface area contributed by atoms with Crippen molar-refractivity contribution in [2.24, 2.45) is 5.73 Å². The van der Waals surface area contributed by atoms with Crippen molar-refractivity contribution in [3.05, 3.63) is 66.2 Å². The Hall–Kier alpha value is -1.80. The fourth-order valence-corrected chi connectivity index (χ4v) is 2.48. The largest absolute Gasteiger partial charge is 0.367 e. The van der Waals surface area contributed by atoms with E-state index in [1.165, 1.54) is 11.3 Å². The Morgan fingerprint density at radius 3 is 2.05 bits per heavy atom. The van der Waals surface area contributed by atoms with Gasteiger partial charge in [0.15, 0.2) is 0 Å². The van der Waals surface area contributed by atoms with Gasteiger partial charge >= 0.3 is 0 Å². The van der Waals surface area contributed by atoms with Crippen molar-refractivity contribution >= 4 is 5.69 Å². The number of likely N-dealkylation sites (N-methyl/N-ethyl adjacent to an activating group) is 1. The standard InChI is InChI=1S/C17H22N2/c1-2-19(16-11-7-4-8-12-16)17(14-18)13-15-9-5-3-6-10-15/h3-12,17H,2,13-14,18H2,1H3. The molecule has 0 fully saturated rings. The summed E-state index contributed by atoms with van der Waals surface area (Å²) in [5.74, 6) is 0. The van der Waals surface area contributed by atoms with Crippen LogP contribution in [0.2, 0.25) is 0 Å². The van der Waals surface area contributed by atoms with E-state index >= 15 is 0 Å². The lowest BCUT2D eigenvalue weighted by Gasteiger charge is -2.32. The fourth-order valence-electron chi connectivity index (χ4n) is 2.48. The predicted octanol–water partition coefficient (Wildman–Crippen LogP) is 3.08. The first kappa shape index (κ1) is 13.6. The molecule has 0 aliphatic rings. The fraction of sp³-hybridized carbons (Fsp3) is 0.294. The molecule has 2 nitrogen and oxygen atoms in total. The van der Waals surface area contributed by atoms with E-state index in [4.69, 9.17) is 5.73 Å². The van der Waals surface area contributed by atoms with Gasteiger partial charge in [0.25, 0.3) is 0 Å². The normalized spacial score (nSPS) is 12.1. The molecule has 0 heterocycles. The van der Waals surface area contributed by atoms with Crippen LogP contribution in [-0.2, 0) is 6.42 Å². The van der Waals surface area contributed by atoms with Gasteiger partial charge in [-0.3, -0.25) is 0 Å². The zero-order valence-electron chi connectivity index (χ0n) is 11.5. The molecule has 0 aromatic heterocycles. The van der Waals surface area contributed by atoms with Crippen molar-refractivity contribution in [1.82, 2.24) is 0 Å². The average molecular weight is 254 g/mol. The highest BCUT2D eigenvalue weighted by Gasteiger charge is 2.16. The van der Waals surface area contributed by atoms with Crippen molar-refractivity contribution in [3.8, 4) is 0 Å². The van der Waals surface area contributed by atoms with Crippen LogP contribution in [0, 0.1) is 0 Å². The SMILES string of the molecule is CCN(c1ccccc1)C(CN)Cc1ccccc1. The average Bonchev–Trinajstić information content (AvgIpc) is 2.49. The maximum Gasteiger partial charge on any atom is 0.0452 e. The molecule has 2 N–H and O–H groups in total. The van der Waals surface area contributed by atoms with Crippen LogP contribution in [0.1, 0.15) is 12.5 Å². The molecule has 0 aliphatic heterocycles. The van der Waals surface area contributed by atoms with Crippen LogP contribution >= 0.6 is 0 Å². The van der Waals surface area contributed by atoms with Crippen molar-refractivity contribution in [2.45, 2.75) is 19.4 Å². The van der Waals surface area contributed by atoms with Gasteiger partial charge in [0, 0.05) is 24.8 Å². The summed E-state index contributed by atoms with van der Waals surface area (Å²) in [5.41, 5.74) is 8.58. The lowest BCUT2D eigenvalue weighted by molar-refractivity contribution is 0.605. The molecular weight excluding hydrogens is 232 g/mol. The van der Waals surface area contributed by atoms with Crippen molar-refractivity contribution in [2.75, 3.05) is 18.0 Å². The highest BCUT2D eigenvalue weighted by molar-refractivity contribution is 5.47. The molecule has 19 heavy (non-hydrogen) atoms. The zero-order chi connectivity index (χ0) is 13.5. The molecule has 1 atom stereocenters. The van der Waals surface area contributed by atoms with Gasteiger partial charge in [-0.15, -0.1) is 0 Å². The Morgan fingerprint density at radius 2 is 1.53 bits per heavy atom. The number of anilines is 1. The molecule has 0 saturated heterocycles. The van der Waals surface area contributed by atoms with E-state index < -0.39 is 0 Å². The summed E-state index contributed by atoms with van der Waals surface area (Å²) in [6.45, 7) is 3.82. The molecule has 0 radical (unpaired) electrons. The summed E-state index contributed by atoms with van der Waals surface area (Å²) in [5, 5.41) is 0. The van der Waals surface area contributed by atoms with Gasteiger partial charge in [-0.2, -0.15) is 0 Å². The molecule has 0 spiro atoms. The van der Waals surface area contributed by atoms with E-state index in [0.29, 0.717) is 12.6 Å².